The van der Waals surface area contributed by atoms with Gasteiger partial charge < -0.3 is 4.74 Å². The third-order valence-corrected chi connectivity index (χ3v) is 6.20. The number of hydrogen-bond donors (Lipinski definition) is 0. The summed E-state index contributed by atoms with van der Waals surface area (Å²) in [5, 5.41) is 2.65. The van der Waals surface area contributed by atoms with Gasteiger partial charge in [-0.25, -0.2) is 4.98 Å². The van der Waals surface area contributed by atoms with E-state index in [1.165, 1.54) is 24.0 Å². The topological polar surface area (TPSA) is 61.2 Å². The average molecular weight is 433 g/mol. The number of benzene rings is 2. The molecule has 158 valence electrons. The summed E-state index contributed by atoms with van der Waals surface area (Å²) < 4.78 is 6.47. The molecule has 2 aromatic heterocycles. The van der Waals surface area contributed by atoms with Gasteiger partial charge in [0.25, 0.3) is 5.56 Å². The second-order valence-corrected chi connectivity index (χ2v) is 8.38. The third-order valence-electron chi connectivity index (χ3n) is 5.33. The zero-order chi connectivity index (χ0) is 21.8. The Bertz CT molecular complexity index is 1260. The van der Waals surface area contributed by atoms with Crippen molar-refractivity contribution in [2.45, 2.75) is 32.7 Å². The number of aromatic nitrogens is 2. The van der Waals surface area contributed by atoms with Crippen LogP contribution in [0.25, 0.3) is 21.3 Å². The van der Waals surface area contributed by atoms with E-state index in [1.54, 1.807) is 4.57 Å². The van der Waals surface area contributed by atoms with Crippen molar-refractivity contribution in [1.29, 1.82) is 0 Å². The largest absolute Gasteiger partial charge is 0.469 e. The SMILES string of the molecule is COC(=O)CCCn1c(Cc2ccccc2)nc2scc(-c3ccc(C)cc3)c2c1=O. The Morgan fingerprint density at radius 1 is 1.10 bits per heavy atom. The van der Waals surface area contributed by atoms with Crippen molar-refractivity contribution >= 4 is 27.5 Å². The molecule has 0 aliphatic carbocycles. The molecule has 0 radical (unpaired) electrons. The number of methoxy groups -OCH3 is 1. The summed E-state index contributed by atoms with van der Waals surface area (Å²) in [6, 6.07) is 18.2. The molecule has 0 saturated heterocycles. The highest BCUT2D eigenvalue weighted by atomic mass is 32.1. The Labute approximate surface area is 185 Å². The molecule has 0 atom stereocenters. The summed E-state index contributed by atoms with van der Waals surface area (Å²) in [5.41, 5.74) is 4.12. The first-order valence-corrected chi connectivity index (χ1v) is 11.1. The van der Waals surface area contributed by atoms with Crippen molar-refractivity contribution in [3.8, 4) is 11.1 Å². The maximum atomic E-state index is 13.6. The lowest BCUT2D eigenvalue weighted by Gasteiger charge is -2.13. The van der Waals surface area contributed by atoms with Crippen LogP contribution in [0.15, 0.2) is 64.8 Å². The van der Waals surface area contributed by atoms with E-state index in [0.717, 1.165) is 21.5 Å². The highest BCUT2D eigenvalue weighted by molar-refractivity contribution is 7.17. The Balaban J connectivity index is 1.80. The fourth-order valence-electron chi connectivity index (χ4n) is 3.64. The van der Waals surface area contributed by atoms with Gasteiger partial charge in [0.15, 0.2) is 0 Å². The van der Waals surface area contributed by atoms with Gasteiger partial charge in [-0.3, -0.25) is 14.2 Å². The van der Waals surface area contributed by atoms with Crippen LogP contribution in [0.3, 0.4) is 0 Å². The van der Waals surface area contributed by atoms with E-state index in [2.05, 4.69) is 0 Å². The van der Waals surface area contributed by atoms with Crippen molar-refractivity contribution in [3.63, 3.8) is 0 Å². The van der Waals surface area contributed by atoms with E-state index < -0.39 is 0 Å². The van der Waals surface area contributed by atoms with E-state index in [-0.39, 0.29) is 17.9 Å². The van der Waals surface area contributed by atoms with Gasteiger partial charge in [0, 0.05) is 30.3 Å². The summed E-state index contributed by atoms with van der Waals surface area (Å²) in [5.74, 6) is 0.438. The Hall–Kier alpha value is -3.25. The van der Waals surface area contributed by atoms with Gasteiger partial charge >= 0.3 is 5.97 Å². The highest BCUT2D eigenvalue weighted by Gasteiger charge is 2.17. The number of nitrogens with zero attached hydrogens (tertiary/aromatic N) is 2. The number of ether oxygens (including phenoxy) is 1. The average Bonchev–Trinajstić information content (AvgIpc) is 3.21. The molecule has 0 saturated carbocycles. The number of thiophene rings is 1. The number of aryl methyl sites for hydroxylation is 1. The first-order chi connectivity index (χ1) is 15.1. The summed E-state index contributed by atoms with van der Waals surface area (Å²) in [4.78, 5) is 30.8. The summed E-state index contributed by atoms with van der Waals surface area (Å²) in [7, 11) is 1.38. The standard InChI is InChI=1S/C25H24N2O3S/c1-17-10-12-19(13-11-17)20-16-31-24-23(20)25(29)27(14-6-9-22(28)30-2)21(26-24)15-18-7-4-3-5-8-18/h3-5,7-8,10-13,16H,6,9,14-15H2,1-2H3. The van der Waals surface area contributed by atoms with Gasteiger partial charge in [-0.05, 0) is 24.5 Å². The van der Waals surface area contributed by atoms with Crippen LogP contribution in [-0.4, -0.2) is 22.6 Å². The maximum Gasteiger partial charge on any atom is 0.305 e. The minimum atomic E-state index is -0.275. The zero-order valence-electron chi connectivity index (χ0n) is 17.6. The lowest BCUT2D eigenvalue weighted by atomic mass is 10.0. The highest BCUT2D eigenvalue weighted by Crippen LogP contribution is 2.31. The fourth-order valence-corrected chi connectivity index (χ4v) is 4.60. The monoisotopic (exact) mass is 432 g/mol. The first kappa shape index (κ1) is 21.0. The molecular formula is C25H24N2O3S. The molecule has 5 nitrogen and oxygen atoms in total. The molecule has 0 N–H and O–H groups in total. The minimum Gasteiger partial charge on any atom is -0.469 e. The molecule has 4 rings (SSSR count). The van der Waals surface area contributed by atoms with E-state index in [4.69, 9.17) is 9.72 Å². The number of fused-ring (bicyclic) bond motifs is 1. The molecule has 4 aromatic rings. The van der Waals surface area contributed by atoms with E-state index in [0.29, 0.717) is 30.6 Å². The molecule has 0 unspecified atom stereocenters. The molecule has 0 spiro atoms. The predicted octanol–water partition coefficient (Wildman–Crippen LogP) is 4.98. The van der Waals surface area contributed by atoms with Crippen molar-refractivity contribution in [2.75, 3.05) is 7.11 Å². The van der Waals surface area contributed by atoms with E-state index in [1.807, 2.05) is 66.9 Å². The van der Waals surface area contributed by atoms with Gasteiger partial charge in [0.1, 0.15) is 10.7 Å². The van der Waals surface area contributed by atoms with Gasteiger partial charge in [-0.1, -0.05) is 60.2 Å². The van der Waals surface area contributed by atoms with Crippen LogP contribution in [0.4, 0.5) is 0 Å². The number of esters is 1. The lowest BCUT2D eigenvalue weighted by molar-refractivity contribution is -0.140. The lowest BCUT2D eigenvalue weighted by Crippen LogP contribution is -2.26. The van der Waals surface area contributed by atoms with Crippen LogP contribution in [0.5, 0.6) is 0 Å². The normalized spacial score (nSPS) is 11.0. The van der Waals surface area contributed by atoms with Crippen molar-refractivity contribution < 1.29 is 9.53 Å². The number of hydrogen-bond acceptors (Lipinski definition) is 5. The second-order valence-electron chi connectivity index (χ2n) is 7.52. The summed E-state index contributed by atoms with van der Waals surface area (Å²) >= 11 is 1.49. The zero-order valence-corrected chi connectivity index (χ0v) is 18.4. The van der Waals surface area contributed by atoms with Crippen molar-refractivity contribution in [3.05, 3.63) is 87.3 Å². The first-order valence-electron chi connectivity index (χ1n) is 10.3. The van der Waals surface area contributed by atoms with Crippen LogP contribution < -0.4 is 5.56 Å². The van der Waals surface area contributed by atoms with Gasteiger partial charge in [-0.15, -0.1) is 11.3 Å². The van der Waals surface area contributed by atoms with E-state index in [9.17, 15) is 9.59 Å². The Morgan fingerprint density at radius 2 is 1.84 bits per heavy atom. The molecule has 31 heavy (non-hydrogen) atoms. The van der Waals surface area contributed by atoms with Gasteiger partial charge in [0.2, 0.25) is 0 Å². The smallest absolute Gasteiger partial charge is 0.305 e. The molecular weight excluding hydrogens is 408 g/mol. The van der Waals surface area contributed by atoms with Crippen LogP contribution in [0.2, 0.25) is 0 Å². The molecule has 0 aliphatic rings. The summed E-state index contributed by atoms with van der Waals surface area (Å²) in [6.45, 7) is 2.46. The van der Waals surface area contributed by atoms with Crippen molar-refractivity contribution in [1.82, 2.24) is 9.55 Å². The van der Waals surface area contributed by atoms with Gasteiger partial charge in [-0.2, -0.15) is 0 Å². The maximum absolute atomic E-state index is 13.6. The molecule has 2 aromatic carbocycles. The molecule has 6 heteroatoms. The van der Waals surface area contributed by atoms with Crippen LogP contribution in [0.1, 0.15) is 29.8 Å². The second kappa shape index (κ2) is 9.27. The van der Waals surface area contributed by atoms with Crippen molar-refractivity contribution in [2.24, 2.45) is 0 Å². The number of carbonyl (C=O) groups is 1. The molecule has 0 amide bonds. The molecule has 0 fully saturated rings. The Morgan fingerprint density at radius 3 is 2.55 bits per heavy atom. The third kappa shape index (κ3) is 4.59. The molecule has 0 aliphatic heterocycles. The quantitative estimate of drug-likeness (QED) is 0.387. The number of carbonyl (C=O) groups excluding carboxylic acids is 1. The Kier molecular flexibility index (Phi) is 6.28. The molecule has 2 heterocycles. The van der Waals surface area contributed by atoms with Gasteiger partial charge in [0.05, 0.1) is 12.5 Å². The number of rotatable bonds is 7. The van der Waals surface area contributed by atoms with Crippen LogP contribution >= 0.6 is 11.3 Å². The van der Waals surface area contributed by atoms with Crippen LogP contribution in [0, 0.1) is 6.92 Å². The molecule has 0 bridgehead atoms. The predicted molar refractivity (Wildman–Crippen MR) is 125 cm³/mol. The minimum absolute atomic E-state index is 0.0578. The fraction of sp³-hybridized carbons (Fsp3) is 0.240. The van der Waals surface area contributed by atoms with Crippen LogP contribution in [-0.2, 0) is 22.5 Å². The summed E-state index contributed by atoms with van der Waals surface area (Å²) in [6.07, 6.45) is 1.34. The van der Waals surface area contributed by atoms with E-state index >= 15 is 0 Å².